The molecule has 108 valence electrons. The van der Waals surface area contributed by atoms with Gasteiger partial charge in [0.1, 0.15) is 0 Å². The molecule has 1 aromatic rings. The van der Waals surface area contributed by atoms with E-state index in [1.54, 1.807) is 6.92 Å². The molecule has 0 radical (unpaired) electrons. The third-order valence-corrected chi connectivity index (χ3v) is 3.53. The first-order valence-electron chi connectivity index (χ1n) is 6.23. The van der Waals surface area contributed by atoms with Gasteiger partial charge in [-0.25, -0.2) is 4.79 Å². The Morgan fingerprint density at radius 3 is 3.00 bits per heavy atom. The topological polar surface area (TPSA) is 115 Å². The smallest absolute Gasteiger partial charge is 0.335 e. The van der Waals surface area contributed by atoms with E-state index in [4.69, 9.17) is 15.6 Å². The van der Waals surface area contributed by atoms with Crippen LogP contribution in [-0.4, -0.2) is 41.2 Å². The molecule has 2 atom stereocenters. The van der Waals surface area contributed by atoms with Crippen molar-refractivity contribution in [2.45, 2.75) is 19.5 Å². The minimum absolute atomic E-state index is 0.136. The predicted octanol–water partition coefficient (Wildman–Crippen LogP) is -0.240. The number of carboxylic acids is 1. The number of hydrogen-bond acceptors (Lipinski definition) is 5. The predicted molar refractivity (Wildman–Crippen MR) is 69.9 cm³/mol. The van der Waals surface area contributed by atoms with E-state index in [1.807, 2.05) is 0 Å². The largest absolute Gasteiger partial charge is 0.478 e. The van der Waals surface area contributed by atoms with Crippen LogP contribution in [0.5, 0.6) is 0 Å². The number of aromatic carboxylic acids is 1. The summed E-state index contributed by atoms with van der Waals surface area (Å²) in [6.07, 6.45) is 1.40. The molecular formula is C13H17N3O4. The lowest BCUT2D eigenvalue weighted by Gasteiger charge is -2.25. The zero-order valence-electron chi connectivity index (χ0n) is 11.1. The summed E-state index contributed by atoms with van der Waals surface area (Å²) in [5, 5.41) is 11.6. The van der Waals surface area contributed by atoms with Gasteiger partial charge in [-0.1, -0.05) is 0 Å². The van der Waals surface area contributed by atoms with E-state index in [0.29, 0.717) is 12.3 Å². The molecule has 2 unspecified atom stereocenters. The minimum Gasteiger partial charge on any atom is -0.478 e. The number of nitrogens with zero attached hydrogens (tertiary/aromatic N) is 1. The number of amides is 1. The van der Waals surface area contributed by atoms with Crippen molar-refractivity contribution in [1.29, 1.82) is 0 Å². The van der Waals surface area contributed by atoms with Gasteiger partial charge in [0.15, 0.2) is 0 Å². The Labute approximate surface area is 116 Å². The lowest BCUT2D eigenvalue weighted by Crippen LogP contribution is -2.49. The highest BCUT2D eigenvalue weighted by molar-refractivity contribution is 5.87. The summed E-state index contributed by atoms with van der Waals surface area (Å²) in [6, 6.07) is 2.48. The maximum Gasteiger partial charge on any atom is 0.335 e. The molecular weight excluding hydrogens is 262 g/mol. The van der Waals surface area contributed by atoms with Crippen molar-refractivity contribution in [3.05, 3.63) is 29.6 Å². The van der Waals surface area contributed by atoms with Gasteiger partial charge in [0, 0.05) is 12.2 Å². The highest BCUT2D eigenvalue weighted by Gasteiger charge is 2.44. The molecule has 0 bridgehead atoms. The lowest BCUT2D eigenvalue weighted by molar-refractivity contribution is -0.130. The van der Waals surface area contributed by atoms with Gasteiger partial charge < -0.3 is 20.9 Å². The van der Waals surface area contributed by atoms with Crippen LogP contribution >= 0.6 is 0 Å². The second kappa shape index (κ2) is 5.56. The summed E-state index contributed by atoms with van der Waals surface area (Å²) in [6.45, 7) is 2.54. The molecule has 1 amide bonds. The zero-order chi connectivity index (χ0) is 14.8. The van der Waals surface area contributed by atoms with Gasteiger partial charge >= 0.3 is 5.97 Å². The maximum atomic E-state index is 12.2. The fraction of sp³-hybridized carbons (Fsp3) is 0.462. The highest BCUT2D eigenvalue weighted by Crippen LogP contribution is 2.27. The average molecular weight is 279 g/mol. The first-order chi connectivity index (χ1) is 9.43. The van der Waals surface area contributed by atoms with E-state index < -0.39 is 11.4 Å². The summed E-state index contributed by atoms with van der Waals surface area (Å²) in [5.41, 5.74) is 5.72. The van der Waals surface area contributed by atoms with Crippen molar-refractivity contribution < 1.29 is 19.4 Å². The standard InChI is InChI=1S/C13H17N3O4/c1-13(7-20-6-10(13)14)12(19)16-5-9-4-8(11(17)18)2-3-15-9/h2-4,10H,5-7,14H2,1H3,(H,16,19)(H,17,18). The number of carbonyl (C=O) groups is 2. The van der Waals surface area contributed by atoms with Gasteiger partial charge in [0.25, 0.3) is 0 Å². The number of nitrogens with one attached hydrogen (secondary N) is 1. The number of carbonyl (C=O) groups excluding carboxylic acids is 1. The van der Waals surface area contributed by atoms with E-state index in [1.165, 1.54) is 18.3 Å². The van der Waals surface area contributed by atoms with Crippen molar-refractivity contribution in [1.82, 2.24) is 10.3 Å². The Morgan fingerprint density at radius 1 is 1.65 bits per heavy atom. The minimum atomic E-state index is -1.03. The summed E-state index contributed by atoms with van der Waals surface area (Å²) < 4.78 is 5.22. The molecule has 0 aliphatic carbocycles. The normalized spacial score (nSPS) is 25.4. The van der Waals surface area contributed by atoms with Gasteiger partial charge in [-0.05, 0) is 19.1 Å². The quantitative estimate of drug-likeness (QED) is 0.700. The zero-order valence-corrected chi connectivity index (χ0v) is 11.1. The molecule has 2 rings (SSSR count). The van der Waals surface area contributed by atoms with Crippen molar-refractivity contribution >= 4 is 11.9 Å². The number of carboxylic acid groups (broad SMARTS) is 1. The van der Waals surface area contributed by atoms with E-state index >= 15 is 0 Å². The van der Waals surface area contributed by atoms with Crippen LogP contribution in [0.25, 0.3) is 0 Å². The Kier molecular flexibility index (Phi) is 4.01. The van der Waals surface area contributed by atoms with Gasteiger partial charge in [-0.15, -0.1) is 0 Å². The fourth-order valence-corrected chi connectivity index (χ4v) is 2.00. The summed E-state index contributed by atoms with van der Waals surface area (Å²) in [5.74, 6) is -1.25. The number of pyridine rings is 1. The molecule has 1 aromatic heterocycles. The van der Waals surface area contributed by atoms with Gasteiger partial charge in [-0.2, -0.15) is 0 Å². The van der Waals surface area contributed by atoms with Crippen molar-refractivity contribution in [3.63, 3.8) is 0 Å². The molecule has 20 heavy (non-hydrogen) atoms. The number of ether oxygens (including phenoxy) is 1. The van der Waals surface area contributed by atoms with Gasteiger partial charge in [0.2, 0.25) is 5.91 Å². The third-order valence-electron chi connectivity index (χ3n) is 3.53. The van der Waals surface area contributed by atoms with E-state index in [0.717, 1.165) is 0 Å². The average Bonchev–Trinajstić information content (AvgIpc) is 2.77. The molecule has 4 N–H and O–H groups in total. The highest BCUT2D eigenvalue weighted by atomic mass is 16.5. The van der Waals surface area contributed by atoms with Crippen LogP contribution in [0.15, 0.2) is 18.3 Å². The summed E-state index contributed by atoms with van der Waals surface area (Å²) >= 11 is 0. The monoisotopic (exact) mass is 279 g/mol. The second-order valence-corrected chi connectivity index (χ2v) is 5.06. The Morgan fingerprint density at radius 2 is 2.40 bits per heavy atom. The Balaban J connectivity index is 2.00. The van der Waals surface area contributed by atoms with E-state index in [2.05, 4.69) is 10.3 Å². The molecule has 2 heterocycles. The molecule has 1 aliphatic rings. The first kappa shape index (κ1) is 14.4. The maximum absolute atomic E-state index is 12.2. The molecule has 0 spiro atoms. The number of aromatic nitrogens is 1. The molecule has 0 aromatic carbocycles. The SMILES string of the molecule is CC1(C(=O)NCc2cc(C(=O)O)ccn2)COCC1N. The van der Waals surface area contributed by atoms with Crippen LogP contribution in [0.4, 0.5) is 0 Å². The van der Waals surface area contributed by atoms with Crippen LogP contribution in [0.1, 0.15) is 23.0 Å². The van der Waals surface area contributed by atoms with E-state index in [-0.39, 0.29) is 30.7 Å². The van der Waals surface area contributed by atoms with E-state index in [9.17, 15) is 9.59 Å². The summed E-state index contributed by atoms with van der Waals surface area (Å²) in [7, 11) is 0. The number of nitrogens with two attached hydrogens (primary N) is 1. The van der Waals surface area contributed by atoms with Crippen molar-refractivity contribution in [3.8, 4) is 0 Å². The van der Waals surface area contributed by atoms with Crippen LogP contribution in [0.2, 0.25) is 0 Å². The number of hydrogen-bond donors (Lipinski definition) is 3. The summed E-state index contributed by atoms with van der Waals surface area (Å²) in [4.78, 5) is 27.0. The Hall–Kier alpha value is -1.99. The number of rotatable bonds is 4. The second-order valence-electron chi connectivity index (χ2n) is 5.06. The van der Waals surface area contributed by atoms with Crippen LogP contribution in [-0.2, 0) is 16.1 Å². The van der Waals surface area contributed by atoms with Crippen LogP contribution in [0, 0.1) is 5.41 Å². The van der Waals surface area contributed by atoms with Gasteiger partial charge in [0.05, 0.1) is 36.4 Å². The molecule has 1 aliphatic heterocycles. The van der Waals surface area contributed by atoms with Gasteiger partial charge in [-0.3, -0.25) is 9.78 Å². The molecule has 7 nitrogen and oxygen atoms in total. The van der Waals surface area contributed by atoms with Crippen molar-refractivity contribution in [2.75, 3.05) is 13.2 Å². The molecule has 1 fully saturated rings. The Bertz CT molecular complexity index is 534. The van der Waals surface area contributed by atoms with Crippen LogP contribution < -0.4 is 11.1 Å². The first-order valence-corrected chi connectivity index (χ1v) is 6.23. The molecule has 1 saturated heterocycles. The van der Waals surface area contributed by atoms with Crippen LogP contribution in [0.3, 0.4) is 0 Å². The molecule has 7 heteroatoms. The fourth-order valence-electron chi connectivity index (χ4n) is 2.00. The third kappa shape index (κ3) is 2.78. The molecule has 0 saturated carbocycles. The van der Waals surface area contributed by atoms with Crippen molar-refractivity contribution in [2.24, 2.45) is 11.1 Å². The lowest BCUT2D eigenvalue weighted by atomic mass is 9.85.